The summed E-state index contributed by atoms with van der Waals surface area (Å²) in [6, 6.07) is -0.670. The van der Waals surface area contributed by atoms with Crippen molar-refractivity contribution in [3.8, 4) is 0 Å². The molecule has 0 aromatic carbocycles. The number of ether oxygens (including phenoxy) is 2. The van der Waals surface area contributed by atoms with E-state index in [2.05, 4.69) is 37.6 Å². The molecule has 0 radical (unpaired) electrons. The fourth-order valence-corrected chi connectivity index (χ4v) is 4.76. The summed E-state index contributed by atoms with van der Waals surface area (Å²) in [6.45, 7) is 20.2. The van der Waals surface area contributed by atoms with Crippen LogP contribution in [0.1, 0.15) is 74.1 Å². The Balaban J connectivity index is 2.69. The van der Waals surface area contributed by atoms with Gasteiger partial charge in [-0.15, -0.1) is 0 Å². The highest BCUT2D eigenvalue weighted by atomic mass is 16.5. The van der Waals surface area contributed by atoms with Crippen LogP contribution in [-0.2, 0) is 28.7 Å². The van der Waals surface area contributed by atoms with E-state index in [-0.39, 0.29) is 60.3 Å². The van der Waals surface area contributed by atoms with Gasteiger partial charge in [0.05, 0.1) is 12.1 Å². The van der Waals surface area contributed by atoms with E-state index in [1.54, 1.807) is 27.7 Å². The van der Waals surface area contributed by atoms with Crippen LogP contribution in [0.4, 0.5) is 0 Å². The Morgan fingerprint density at radius 2 is 1.35 bits per heavy atom. The maximum Gasteiger partial charge on any atom is 0.333 e. The number of hydrogen-bond acceptors (Lipinski definition) is 6. The summed E-state index contributed by atoms with van der Waals surface area (Å²) < 4.78 is 10.2. The Morgan fingerprint density at radius 3 is 1.82 bits per heavy atom. The molecule has 1 saturated carbocycles. The van der Waals surface area contributed by atoms with Crippen LogP contribution in [0, 0.1) is 16.7 Å². The molecular weight excluding hydrogens is 436 g/mol. The number of carbonyl (C=O) groups is 4. The van der Waals surface area contributed by atoms with Crippen molar-refractivity contribution < 1.29 is 28.7 Å². The molecule has 0 aromatic heterocycles. The highest BCUT2D eigenvalue weighted by Gasteiger charge is 2.44. The summed E-state index contributed by atoms with van der Waals surface area (Å²) in [5.41, 5.74) is 0.138. The summed E-state index contributed by atoms with van der Waals surface area (Å²) in [5, 5.41) is 5.82. The Hall–Kier alpha value is -2.64. The molecule has 0 bridgehead atoms. The highest BCUT2D eigenvalue weighted by Crippen LogP contribution is 2.50. The molecule has 192 valence electrons. The van der Waals surface area contributed by atoms with E-state index in [0.717, 1.165) is 6.42 Å². The van der Waals surface area contributed by atoms with E-state index in [1.807, 2.05) is 6.92 Å². The van der Waals surface area contributed by atoms with Crippen molar-refractivity contribution in [3.63, 3.8) is 0 Å². The van der Waals surface area contributed by atoms with Crippen molar-refractivity contribution in [1.82, 2.24) is 10.6 Å². The van der Waals surface area contributed by atoms with Crippen molar-refractivity contribution in [2.24, 2.45) is 16.7 Å². The standard InChI is InChI=1S/C26H42N2O6/c1-16(2)23(31)33-13-18(5)27-21(29)12-26(9)11-20(10-25(7,8)15-26)22(30)28-19(6)14-34-24(32)17(3)4/h18-20H,1,3,10-15H2,2,4-9H3,(H,27,29)(H,28,30). The van der Waals surface area contributed by atoms with Gasteiger partial charge in [0, 0.05) is 23.5 Å². The molecule has 0 saturated heterocycles. The Kier molecular flexibility index (Phi) is 10.5. The van der Waals surface area contributed by atoms with E-state index in [9.17, 15) is 19.2 Å². The van der Waals surface area contributed by atoms with Crippen molar-refractivity contribution in [1.29, 1.82) is 0 Å². The number of rotatable bonds is 11. The monoisotopic (exact) mass is 478 g/mol. The zero-order valence-corrected chi connectivity index (χ0v) is 21.8. The minimum absolute atomic E-state index is 0.0680. The van der Waals surface area contributed by atoms with Crippen LogP contribution in [0.2, 0.25) is 0 Å². The highest BCUT2D eigenvalue weighted by molar-refractivity contribution is 5.87. The first-order chi connectivity index (χ1) is 15.5. The van der Waals surface area contributed by atoms with Gasteiger partial charge < -0.3 is 20.1 Å². The lowest BCUT2D eigenvalue weighted by molar-refractivity contribution is -0.141. The Morgan fingerprint density at radius 1 is 0.882 bits per heavy atom. The normalized spacial score (nSPS) is 23.1. The fourth-order valence-electron chi connectivity index (χ4n) is 4.76. The average Bonchev–Trinajstić information content (AvgIpc) is 2.67. The van der Waals surface area contributed by atoms with Gasteiger partial charge >= 0.3 is 11.9 Å². The Bertz CT molecular complexity index is 818. The second-order valence-corrected chi connectivity index (χ2v) is 11.1. The summed E-state index contributed by atoms with van der Waals surface area (Å²) >= 11 is 0. The molecule has 1 fully saturated rings. The second-order valence-electron chi connectivity index (χ2n) is 11.1. The lowest BCUT2D eigenvalue weighted by Gasteiger charge is -2.46. The average molecular weight is 479 g/mol. The minimum Gasteiger partial charge on any atom is -0.460 e. The number of hydrogen-bond donors (Lipinski definition) is 2. The smallest absolute Gasteiger partial charge is 0.333 e. The minimum atomic E-state index is -0.487. The van der Waals surface area contributed by atoms with Gasteiger partial charge in [0.25, 0.3) is 0 Å². The third-order valence-corrected chi connectivity index (χ3v) is 5.82. The van der Waals surface area contributed by atoms with Crippen LogP contribution in [0.5, 0.6) is 0 Å². The van der Waals surface area contributed by atoms with Crippen LogP contribution >= 0.6 is 0 Å². The van der Waals surface area contributed by atoms with Crippen LogP contribution in [-0.4, -0.2) is 49.1 Å². The zero-order chi connectivity index (χ0) is 26.3. The van der Waals surface area contributed by atoms with Gasteiger partial charge in [-0.1, -0.05) is 33.9 Å². The van der Waals surface area contributed by atoms with Gasteiger partial charge in [-0.25, -0.2) is 9.59 Å². The topological polar surface area (TPSA) is 111 Å². The van der Waals surface area contributed by atoms with Crippen LogP contribution in [0.25, 0.3) is 0 Å². The van der Waals surface area contributed by atoms with Gasteiger partial charge in [-0.05, 0) is 57.8 Å². The molecule has 0 aromatic rings. The summed E-state index contributed by atoms with van der Waals surface area (Å²) in [6.07, 6.45) is 2.36. The lowest BCUT2D eigenvalue weighted by atomic mass is 9.59. The van der Waals surface area contributed by atoms with Crippen molar-refractivity contribution in [2.75, 3.05) is 13.2 Å². The third kappa shape index (κ3) is 10.1. The molecule has 0 aliphatic heterocycles. The predicted molar refractivity (Wildman–Crippen MR) is 131 cm³/mol. The molecule has 8 nitrogen and oxygen atoms in total. The SMILES string of the molecule is C=C(C)C(=O)OCC(C)NC(=O)CC1(C)CC(C(=O)NC(C)COC(=O)C(=C)C)CC(C)(C)C1. The lowest BCUT2D eigenvalue weighted by Crippen LogP contribution is -2.47. The van der Waals surface area contributed by atoms with Crippen LogP contribution < -0.4 is 10.6 Å². The van der Waals surface area contributed by atoms with Gasteiger partial charge in [0.2, 0.25) is 11.8 Å². The number of nitrogens with one attached hydrogen (secondary N) is 2. The Labute approximate surface area is 203 Å². The summed E-state index contributed by atoms with van der Waals surface area (Å²) in [4.78, 5) is 48.9. The summed E-state index contributed by atoms with van der Waals surface area (Å²) in [5.74, 6) is -1.46. The molecular formula is C26H42N2O6. The first-order valence-corrected chi connectivity index (χ1v) is 11.8. The molecule has 8 heteroatoms. The zero-order valence-electron chi connectivity index (χ0n) is 21.8. The molecule has 0 heterocycles. The van der Waals surface area contributed by atoms with Gasteiger partial charge in [0.15, 0.2) is 0 Å². The molecule has 34 heavy (non-hydrogen) atoms. The van der Waals surface area contributed by atoms with Gasteiger partial charge in [-0.2, -0.15) is 0 Å². The second kappa shape index (κ2) is 12.2. The first kappa shape index (κ1) is 29.4. The number of esters is 2. The third-order valence-electron chi connectivity index (χ3n) is 5.82. The molecule has 2 amide bonds. The van der Waals surface area contributed by atoms with Gasteiger partial charge in [-0.3, -0.25) is 9.59 Å². The number of carbonyl (C=O) groups excluding carboxylic acids is 4. The maximum absolute atomic E-state index is 13.0. The molecule has 1 aliphatic rings. The molecule has 1 rings (SSSR count). The van der Waals surface area contributed by atoms with Crippen LogP contribution in [0.3, 0.4) is 0 Å². The molecule has 0 spiro atoms. The van der Waals surface area contributed by atoms with Crippen molar-refractivity contribution >= 4 is 23.8 Å². The first-order valence-electron chi connectivity index (χ1n) is 11.8. The fraction of sp³-hybridized carbons (Fsp3) is 0.692. The molecule has 4 unspecified atom stereocenters. The van der Waals surface area contributed by atoms with Gasteiger partial charge in [0.1, 0.15) is 13.2 Å². The van der Waals surface area contributed by atoms with E-state index in [1.165, 1.54) is 0 Å². The predicted octanol–water partition coefficient (Wildman–Crippen LogP) is 3.46. The quantitative estimate of drug-likeness (QED) is 0.348. The van der Waals surface area contributed by atoms with Crippen LogP contribution in [0.15, 0.2) is 24.3 Å². The summed E-state index contributed by atoms with van der Waals surface area (Å²) in [7, 11) is 0. The van der Waals surface area contributed by atoms with E-state index in [4.69, 9.17) is 9.47 Å². The largest absolute Gasteiger partial charge is 0.460 e. The maximum atomic E-state index is 13.0. The van der Waals surface area contributed by atoms with E-state index < -0.39 is 11.9 Å². The molecule has 2 N–H and O–H groups in total. The van der Waals surface area contributed by atoms with Crippen molar-refractivity contribution in [3.05, 3.63) is 24.3 Å². The van der Waals surface area contributed by atoms with E-state index >= 15 is 0 Å². The molecule has 1 aliphatic carbocycles. The van der Waals surface area contributed by atoms with E-state index in [0.29, 0.717) is 24.0 Å². The van der Waals surface area contributed by atoms with Crippen molar-refractivity contribution in [2.45, 2.75) is 86.2 Å². The number of amides is 2. The molecule has 4 atom stereocenters.